The minimum absolute atomic E-state index is 0.00162. The summed E-state index contributed by atoms with van der Waals surface area (Å²) in [5.74, 6) is -4.19. The molecule has 1 aliphatic heterocycles. The van der Waals surface area contributed by atoms with E-state index in [9.17, 15) is 31.5 Å². The monoisotopic (exact) mass is 543 g/mol. The average molecular weight is 543 g/mol. The van der Waals surface area contributed by atoms with Crippen molar-refractivity contribution in [3.05, 3.63) is 53.6 Å². The number of amides is 2. The molecule has 1 saturated heterocycles. The summed E-state index contributed by atoms with van der Waals surface area (Å²) in [7, 11) is 0. The van der Waals surface area contributed by atoms with Gasteiger partial charge in [-0.25, -0.2) is 8.78 Å². The van der Waals surface area contributed by atoms with Crippen LogP contribution < -0.4 is 15.4 Å². The summed E-state index contributed by atoms with van der Waals surface area (Å²) in [4.78, 5) is 26.9. The molecule has 2 aromatic carbocycles. The highest BCUT2D eigenvalue weighted by Gasteiger charge is 2.32. The van der Waals surface area contributed by atoms with Gasteiger partial charge in [-0.15, -0.1) is 23.4 Å². The second-order valence-electron chi connectivity index (χ2n) is 7.69. The molecule has 15 heteroatoms. The molecule has 0 unspecified atom stereocenters. The van der Waals surface area contributed by atoms with Crippen LogP contribution in [0.4, 0.5) is 32.8 Å². The Balaban J connectivity index is 1.50. The lowest BCUT2D eigenvalue weighted by Gasteiger charge is -2.26. The quantitative estimate of drug-likeness (QED) is 0.436. The number of morpholine rings is 1. The van der Waals surface area contributed by atoms with Gasteiger partial charge < -0.3 is 14.8 Å². The molecule has 1 aromatic heterocycles. The number of carbonyl (C=O) groups excluding carboxylic acids is 2. The Hall–Kier alpha value is -3.69. The van der Waals surface area contributed by atoms with E-state index < -0.39 is 35.6 Å². The topological polar surface area (TPSA) is 106 Å². The van der Waals surface area contributed by atoms with Gasteiger partial charge in [0, 0.05) is 24.2 Å². The van der Waals surface area contributed by atoms with E-state index in [-0.39, 0.29) is 33.5 Å². The Morgan fingerprint density at radius 2 is 1.78 bits per heavy atom. The standard InChI is InChI=1S/C22H18F5N5O4S/c23-14-3-1-13(9-15(14)24)20-30-31-21(37-20)29-19(34)12-2-4-17(36-22(25,26)27)16(10-12)28-18(33)11-32-5-7-35-8-6-32/h1-4,9-10H,5-8,11H2,(H,28,33)(H,29,31,34). The van der Waals surface area contributed by atoms with Gasteiger partial charge in [-0.2, -0.15) is 0 Å². The second-order valence-corrected chi connectivity index (χ2v) is 8.67. The number of ether oxygens (including phenoxy) is 2. The minimum Gasteiger partial charge on any atom is -0.404 e. The Morgan fingerprint density at radius 1 is 1.03 bits per heavy atom. The Labute approximate surface area is 210 Å². The maximum absolute atomic E-state index is 13.5. The number of nitrogens with one attached hydrogen (secondary N) is 2. The molecule has 3 aromatic rings. The number of anilines is 2. The number of rotatable bonds is 7. The van der Waals surface area contributed by atoms with Crippen LogP contribution in [0.25, 0.3) is 10.6 Å². The summed E-state index contributed by atoms with van der Waals surface area (Å²) in [6.45, 7) is 1.72. The number of carbonyl (C=O) groups is 2. The van der Waals surface area contributed by atoms with Crippen LogP contribution in [0.1, 0.15) is 10.4 Å². The summed E-state index contributed by atoms with van der Waals surface area (Å²) in [6, 6.07) is 6.14. The smallest absolute Gasteiger partial charge is 0.404 e. The largest absolute Gasteiger partial charge is 0.573 e. The van der Waals surface area contributed by atoms with Crippen molar-refractivity contribution in [3.8, 4) is 16.3 Å². The number of nitrogens with zero attached hydrogens (tertiary/aromatic N) is 3. The maximum Gasteiger partial charge on any atom is 0.573 e. The molecule has 196 valence electrons. The third-order valence-corrected chi connectivity index (χ3v) is 5.91. The average Bonchev–Trinajstić information content (AvgIpc) is 3.30. The molecule has 2 amide bonds. The van der Waals surface area contributed by atoms with Gasteiger partial charge in [0.25, 0.3) is 5.91 Å². The van der Waals surface area contributed by atoms with Crippen molar-refractivity contribution in [2.75, 3.05) is 43.5 Å². The molecule has 0 aliphatic carbocycles. The van der Waals surface area contributed by atoms with Crippen molar-refractivity contribution >= 4 is 34.0 Å². The highest BCUT2D eigenvalue weighted by Crippen LogP contribution is 2.32. The van der Waals surface area contributed by atoms with E-state index in [0.717, 1.165) is 41.7 Å². The summed E-state index contributed by atoms with van der Waals surface area (Å²) in [5, 5.41) is 12.6. The Kier molecular flexibility index (Phi) is 7.94. The van der Waals surface area contributed by atoms with Crippen LogP contribution in [0.2, 0.25) is 0 Å². The molecule has 0 spiro atoms. The zero-order valence-electron chi connectivity index (χ0n) is 18.8. The lowest BCUT2D eigenvalue weighted by atomic mass is 10.1. The summed E-state index contributed by atoms with van der Waals surface area (Å²) in [6.07, 6.45) is -5.03. The Bertz CT molecular complexity index is 1300. The first-order valence-electron chi connectivity index (χ1n) is 10.7. The third-order valence-electron chi connectivity index (χ3n) is 5.02. The fourth-order valence-corrected chi connectivity index (χ4v) is 4.06. The van der Waals surface area contributed by atoms with Crippen LogP contribution in [0.3, 0.4) is 0 Å². The van der Waals surface area contributed by atoms with E-state index >= 15 is 0 Å². The number of aromatic nitrogens is 2. The van der Waals surface area contributed by atoms with E-state index in [2.05, 4.69) is 25.6 Å². The van der Waals surface area contributed by atoms with Crippen LogP contribution in [0.15, 0.2) is 36.4 Å². The number of benzene rings is 2. The molecule has 2 heterocycles. The first kappa shape index (κ1) is 26.4. The van der Waals surface area contributed by atoms with Gasteiger partial charge in [-0.05, 0) is 36.4 Å². The fraction of sp³-hybridized carbons (Fsp3) is 0.273. The maximum atomic E-state index is 13.5. The summed E-state index contributed by atoms with van der Waals surface area (Å²) < 4.78 is 74.5. The van der Waals surface area contributed by atoms with E-state index in [0.29, 0.717) is 26.3 Å². The fourth-order valence-electron chi connectivity index (χ4n) is 3.32. The lowest BCUT2D eigenvalue weighted by molar-refractivity contribution is -0.274. The van der Waals surface area contributed by atoms with Gasteiger partial charge >= 0.3 is 6.36 Å². The van der Waals surface area contributed by atoms with E-state index in [1.54, 1.807) is 4.90 Å². The number of alkyl halides is 3. The number of halogens is 5. The molecule has 1 aliphatic rings. The highest BCUT2D eigenvalue weighted by atomic mass is 32.1. The normalized spacial score (nSPS) is 14.3. The van der Waals surface area contributed by atoms with Crippen molar-refractivity contribution in [2.45, 2.75) is 6.36 Å². The van der Waals surface area contributed by atoms with Crippen molar-refractivity contribution < 1.29 is 41.0 Å². The first-order valence-corrected chi connectivity index (χ1v) is 11.5. The van der Waals surface area contributed by atoms with Crippen LogP contribution in [0.5, 0.6) is 5.75 Å². The molecule has 4 rings (SSSR count). The van der Waals surface area contributed by atoms with Gasteiger partial charge in [0.15, 0.2) is 17.4 Å². The third kappa shape index (κ3) is 7.18. The van der Waals surface area contributed by atoms with E-state index in [1.165, 1.54) is 6.07 Å². The van der Waals surface area contributed by atoms with Gasteiger partial charge in [-0.3, -0.25) is 19.8 Å². The van der Waals surface area contributed by atoms with Crippen LogP contribution >= 0.6 is 11.3 Å². The molecule has 1 fully saturated rings. The first-order chi connectivity index (χ1) is 17.6. The highest BCUT2D eigenvalue weighted by molar-refractivity contribution is 7.18. The zero-order valence-corrected chi connectivity index (χ0v) is 19.6. The van der Waals surface area contributed by atoms with Gasteiger partial charge in [0.2, 0.25) is 11.0 Å². The van der Waals surface area contributed by atoms with Crippen molar-refractivity contribution in [1.82, 2.24) is 15.1 Å². The predicted molar refractivity (Wildman–Crippen MR) is 122 cm³/mol. The molecule has 2 N–H and O–H groups in total. The van der Waals surface area contributed by atoms with Crippen LogP contribution in [-0.4, -0.2) is 66.1 Å². The summed E-state index contributed by atoms with van der Waals surface area (Å²) >= 11 is 0.867. The zero-order chi connectivity index (χ0) is 26.6. The van der Waals surface area contributed by atoms with Gasteiger partial charge in [0.1, 0.15) is 5.01 Å². The molecule has 0 radical (unpaired) electrons. The minimum atomic E-state index is -5.03. The van der Waals surface area contributed by atoms with Gasteiger partial charge in [-0.1, -0.05) is 11.3 Å². The van der Waals surface area contributed by atoms with Crippen molar-refractivity contribution in [2.24, 2.45) is 0 Å². The molecule has 0 saturated carbocycles. The molecular formula is C22H18F5N5O4S. The van der Waals surface area contributed by atoms with E-state index in [4.69, 9.17) is 4.74 Å². The molecular weight excluding hydrogens is 525 g/mol. The van der Waals surface area contributed by atoms with Crippen LogP contribution in [0, 0.1) is 11.6 Å². The van der Waals surface area contributed by atoms with E-state index in [1.807, 2.05) is 0 Å². The number of hydrogen-bond acceptors (Lipinski definition) is 8. The predicted octanol–water partition coefficient (Wildman–Crippen LogP) is 3.90. The molecule has 9 nitrogen and oxygen atoms in total. The van der Waals surface area contributed by atoms with Crippen molar-refractivity contribution in [3.63, 3.8) is 0 Å². The Morgan fingerprint density at radius 3 is 2.49 bits per heavy atom. The van der Waals surface area contributed by atoms with Gasteiger partial charge in [0.05, 0.1) is 25.4 Å². The SMILES string of the molecule is O=C(CN1CCOCC1)Nc1cc(C(=O)Nc2nnc(-c3ccc(F)c(F)c3)s2)ccc1OC(F)(F)F. The summed E-state index contributed by atoms with van der Waals surface area (Å²) in [5.41, 5.74) is -0.237. The molecule has 0 atom stereocenters. The van der Waals surface area contributed by atoms with Crippen molar-refractivity contribution in [1.29, 1.82) is 0 Å². The lowest BCUT2D eigenvalue weighted by Crippen LogP contribution is -2.41. The second kappa shape index (κ2) is 11.1. The number of hydrogen-bond donors (Lipinski definition) is 2. The molecule has 0 bridgehead atoms. The molecule has 37 heavy (non-hydrogen) atoms. The van der Waals surface area contributed by atoms with Crippen LogP contribution in [-0.2, 0) is 9.53 Å².